The smallest absolute Gasteiger partial charge is 0.301 e. The van der Waals surface area contributed by atoms with E-state index in [9.17, 15) is 28.4 Å². The molecule has 0 aliphatic carbocycles. The number of halogens is 1. The second-order valence-corrected chi connectivity index (χ2v) is 12.9. The monoisotopic (exact) mass is 784 g/mol. The lowest BCUT2D eigenvalue weighted by atomic mass is 10.1. The van der Waals surface area contributed by atoms with Crippen molar-refractivity contribution in [3.8, 4) is 11.5 Å². The Labute approximate surface area is 329 Å². The average molecular weight is 785 g/mol. The normalized spacial score (nSPS) is 10.6. The fraction of sp³-hybridized carbons (Fsp3) is 0.119. The molecule has 7 rings (SSSR count). The van der Waals surface area contributed by atoms with Crippen LogP contribution in [-0.4, -0.2) is 36.5 Å². The summed E-state index contributed by atoms with van der Waals surface area (Å²) in [6.07, 6.45) is 3.17. The van der Waals surface area contributed by atoms with E-state index in [1.54, 1.807) is 36.7 Å². The molecule has 4 heterocycles. The highest BCUT2D eigenvalue weighted by Crippen LogP contribution is 2.17. The number of hydrazine groups is 2. The van der Waals surface area contributed by atoms with Crippen molar-refractivity contribution in [3.63, 3.8) is 0 Å². The third-order valence-corrected chi connectivity index (χ3v) is 8.47. The highest BCUT2D eigenvalue weighted by atomic mass is 19.1. The van der Waals surface area contributed by atoms with Gasteiger partial charge in [-0.15, -0.1) is 0 Å². The van der Waals surface area contributed by atoms with Gasteiger partial charge in [0.1, 0.15) is 30.3 Å². The molecule has 4 aromatic heterocycles. The number of nitrogen functional groups attached to an aromatic ring is 1. The van der Waals surface area contributed by atoms with Crippen LogP contribution in [0.1, 0.15) is 48.8 Å². The van der Waals surface area contributed by atoms with Crippen LogP contribution in [0.5, 0.6) is 11.5 Å². The number of nitrogens with one attached hydrogen (secondary N) is 3. The van der Waals surface area contributed by atoms with E-state index in [4.69, 9.17) is 15.3 Å². The summed E-state index contributed by atoms with van der Waals surface area (Å²) in [6, 6.07) is 30.8. The number of benzene rings is 3. The van der Waals surface area contributed by atoms with Gasteiger partial charge in [-0.1, -0.05) is 84.9 Å². The molecule has 0 saturated carbocycles. The lowest BCUT2D eigenvalue weighted by Gasteiger charge is -2.13. The molecule has 0 radical (unpaired) electrons. The molecule has 5 N–H and O–H groups in total. The summed E-state index contributed by atoms with van der Waals surface area (Å²) in [5.41, 5.74) is 9.69. The number of nitrogens with zero attached hydrogens (tertiary/aromatic N) is 4. The zero-order valence-corrected chi connectivity index (χ0v) is 31.3. The number of carbonyl (C=O) groups is 3. The minimum absolute atomic E-state index is 0.0485. The number of pyridine rings is 2. The molecule has 0 unspecified atom stereocenters. The van der Waals surface area contributed by atoms with Crippen molar-refractivity contribution in [1.82, 2.24) is 35.0 Å². The summed E-state index contributed by atoms with van der Waals surface area (Å²) < 4.78 is 27.0. The van der Waals surface area contributed by atoms with Crippen LogP contribution in [0.3, 0.4) is 0 Å². The Morgan fingerprint density at radius 3 is 1.55 bits per heavy atom. The number of ether oxygens (including phenoxy) is 2. The highest BCUT2D eigenvalue weighted by Gasteiger charge is 2.23. The van der Waals surface area contributed by atoms with Crippen LogP contribution in [0.4, 0.5) is 4.39 Å². The topological polar surface area (TPSA) is 201 Å². The summed E-state index contributed by atoms with van der Waals surface area (Å²) in [7, 11) is 0. The predicted molar refractivity (Wildman–Crippen MR) is 211 cm³/mol. The number of nitrogens with two attached hydrogens (primary N) is 1. The number of hydrogen-bond acceptors (Lipinski definition) is 10. The van der Waals surface area contributed by atoms with Crippen LogP contribution in [0.2, 0.25) is 0 Å². The van der Waals surface area contributed by atoms with Crippen molar-refractivity contribution >= 4 is 29.0 Å². The van der Waals surface area contributed by atoms with Crippen LogP contribution in [-0.2, 0) is 24.4 Å². The first-order valence-electron chi connectivity index (χ1n) is 17.7. The molecule has 0 aliphatic rings. The first-order valence-corrected chi connectivity index (χ1v) is 17.7. The fourth-order valence-electron chi connectivity index (χ4n) is 5.57. The van der Waals surface area contributed by atoms with Gasteiger partial charge in [0.2, 0.25) is 17.4 Å². The molecule has 3 amide bonds. The first kappa shape index (κ1) is 40.0. The van der Waals surface area contributed by atoms with E-state index in [1.807, 2.05) is 79.9 Å². The molecular weight excluding hydrogens is 748 g/mol. The number of rotatable bonds is 10. The van der Waals surface area contributed by atoms with Crippen molar-refractivity contribution in [2.45, 2.75) is 33.5 Å². The molecule has 0 fully saturated rings. The van der Waals surface area contributed by atoms with Gasteiger partial charge in [-0.05, 0) is 65.9 Å². The third-order valence-electron chi connectivity index (χ3n) is 8.47. The Morgan fingerprint density at radius 2 is 1.09 bits per heavy atom. The maximum Gasteiger partial charge on any atom is 0.301 e. The lowest BCUT2D eigenvalue weighted by Crippen LogP contribution is -2.43. The minimum atomic E-state index is -0.810. The van der Waals surface area contributed by atoms with Gasteiger partial charge in [0.05, 0.1) is 6.42 Å². The highest BCUT2D eigenvalue weighted by molar-refractivity contribution is 5.96. The van der Waals surface area contributed by atoms with Crippen LogP contribution in [0.25, 0.3) is 11.3 Å². The summed E-state index contributed by atoms with van der Waals surface area (Å²) in [6.45, 7) is 3.87. The third kappa shape index (κ3) is 9.74. The van der Waals surface area contributed by atoms with E-state index >= 15 is 0 Å². The quantitative estimate of drug-likeness (QED) is 0.0896. The minimum Gasteiger partial charge on any atom is -0.481 e. The predicted octanol–water partition coefficient (Wildman–Crippen LogP) is 3.91. The Balaban J connectivity index is 0.000000208. The number of aryl methyl sites for hydroxylation is 2. The standard InChI is InChI=1S/C25H21FN4O4.C17H16N4O3/c1-16-7-12-20-27-22(24(32)29-28-21(31)13-17-8-10-19(26)11-9-17)23(25(33)30(20)14-16)34-15-18-5-3-2-4-6-18;1-11-7-8-13-19-14(16(22)20-18)15(17(23)21(13)9-11)24-10-12-5-3-2-4-6-12/h2-12,14H,13,15H2,1H3,(H,28,31)(H,29,32);2-9H,10,18H2,1H3,(H,20,22). The van der Waals surface area contributed by atoms with E-state index in [2.05, 4.69) is 20.8 Å². The SMILES string of the molecule is Cc1ccc2nc(C(=O)NN)c(OCc3ccccc3)c(=O)n2c1.Cc1ccc2nc(C(=O)NNC(=O)Cc3ccc(F)cc3)c(OCc3ccccc3)c(=O)n2c1. The van der Waals surface area contributed by atoms with Gasteiger partial charge in [-0.3, -0.25) is 49.1 Å². The molecule has 16 heteroatoms. The van der Waals surface area contributed by atoms with E-state index < -0.39 is 34.7 Å². The Hall–Kier alpha value is -7.72. The second-order valence-electron chi connectivity index (χ2n) is 12.9. The first-order chi connectivity index (χ1) is 28.0. The summed E-state index contributed by atoms with van der Waals surface area (Å²) >= 11 is 0. The van der Waals surface area contributed by atoms with Gasteiger partial charge in [-0.25, -0.2) is 20.2 Å². The number of carbonyl (C=O) groups excluding carboxylic acids is 3. The average Bonchev–Trinajstić information content (AvgIpc) is 3.24. The molecule has 3 aromatic carbocycles. The molecule has 7 aromatic rings. The van der Waals surface area contributed by atoms with E-state index in [-0.39, 0.29) is 48.2 Å². The summed E-state index contributed by atoms with van der Waals surface area (Å²) in [5, 5.41) is 0. The van der Waals surface area contributed by atoms with E-state index in [0.29, 0.717) is 11.2 Å². The Kier molecular flexibility index (Phi) is 12.6. The summed E-state index contributed by atoms with van der Waals surface area (Å²) in [5.74, 6) is 2.39. The van der Waals surface area contributed by atoms with E-state index in [0.717, 1.165) is 22.3 Å². The van der Waals surface area contributed by atoms with Crippen LogP contribution >= 0.6 is 0 Å². The molecule has 0 aliphatic heterocycles. The molecular formula is C42H37FN8O7. The molecule has 15 nitrogen and oxygen atoms in total. The fourth-order valence-corrected chi connectivity index (χ4v) is 5.57. The zero-order chi connectivity index (χ0) is 41.2. The lowest BCUT2D eigenvalue weighted by molar-refractivity contribution is -0.121. The van der Waals surface area contributed by atoms with Gasteiger partial charge in [0.25, 0.3) is 11.8 Å². The molecule has 0 saturated heterocycles. The van der Waals surface area contributed by atoms with Crippen LogP contribution in [0.15, 0.2) is 131 Å². The molecule has 0 bridgehead atoms. The number of aromatic nitrogens is 4. The van der Waals surface area contributed by atoms with Crippen molar-refractivity contribution < 1.29 is 28.2 Å². The largest absolute Gasteiger partial charge is 0.481 e. The Bertz CT molecular complexity index is 2720. The van der Waals surface area contributed by atoms with Crippen molar-refractivity contribution in [2.75, 3.05) is 0 Å². The number of hydrogen-bond donors (Lipinski definition) is 4. The van der Waals surface area contributed by atoms with Crippen LogP contribution < -0.4 is 42.7 Å². The molecule has 0 spiro atoms. The van der Waals surface area contributed by atoms with Crippen molar-refractivity contribution in [3.05, 3.63) is 187 Å². The maximum absolute atomic E-state index is 13.1. The van der Waals surface area contributed by atoms with Gasteiger partial charge in [-0.2, -0.15) is 0 Å². The number of fused-ring (bicyclic) bond motifs is 2. The summed E-state index contributed by atoms with van der Waals surface area (Å²) in [4.78, 5) is 71.4. The molecule has 0 atom stereocenters. The second kappa shape index (κ2) is 18.3. The van der Waals surface area contributed by atoms with E-state index in [1.165, 1.54) is 33.1 Å². The van der Waals surface area contributed by atoms with Gasteiger partial charge < -0.3 is 9.47 Å². The zero-order valence-electron chi connectivity index (χ0n) is 31.3. The van der Waals surface area contributed by atoms with Crippen molar-refractivity contribution in [2.24, 2.45) is 5.84 Å². The van der Waals surface area contributed by atoms with Crippen LogP contribution in [0, 0.1) is 19.7 Å². The van der Waals surface area contributed by atoms with Crippen molar-refractivity contribution in [1.29, 1.82) is 0 Å². The number of amides is 3. The van der Waals surface area contributed by atoms with Gasteiger partial charge in [0.15, 0.2) is 11.4 Å². The van der Waals surface area contributed by atoms with Gasteiger partial charge >= 0.3 is 11.1 Å². The molecule has 58 heavy (non-hydrogen) atoms. The Morgan fingerprint density at radius 1 is 0.621 bits per heavy atom. The molecule has 294 valence electrons. The maximum atomic E-state index is 13.1. The van der Waals surface area contributed by atoms with Gasteiger partial charge in [0, 0.05) is 12.4 Å².